The van der Waals surface area contributed by atoms with Crippen LogP contribution in [0.4, 0.5) is 0 Å². The van der Waals surface area contributed by atoms with Crippen LogP contribution >= 0.6 is 0 Å². The monoisotopic (exact) mass is 508 g/mol. The molecular formula is C30H56N2O4. The zero-order valence-corrected chi connectivity index (χ0v) is 25.2. The predicted octanol–water partition coefficient (Wildman–Crippen LogP) is 6.35. The number of rotatable bonds is 11. The summed E-state index contributed by atoms with van der Waals surface area (Å²) >= 11 is 0. The fourth-order valence-corrected chi connectivity index (χ4v) is 6.51. The van der Waals surface area contributed by atoms with Crippen molar-refractivity contribution in [3.63, 3.8) is 0 Å². The van der Waals surface area contributed by atoms with Gasteiger partial charge >= 0.3 is 11.9 Å². The van der Waals surface area contributed by atoms with Crippen molar-refractivity contribution >= 4 is 11.9 Å². The minimum Gasteiger partial charge on any atom is -0.465 e. The van der Waals surface area contributed by atoms with Gasteiger partial charge in [-0.3, -0.25) is 19.4 Å². The third kappa shape index (κ3) is 8.44. The lowest BCUT2D eigenvalue weighted by molar-refractivity contribution is -0.159. The fourth-order valence-electron chi connectivity index (χ4n) is 6.51. The summed E-state index contributed by atoms with van der Waals surface area (Å²) in [4.78, 5) is 29.8. The van der Waals surface area contributed by atoms with E-state index in [1.807, 2.05) is 0 Å². The molecule has 0 saturated carbocycles. The Bertz CT molecular complexity index is 707. The second kappa shape index (κ2) is 12.1. The van der Waals surface area contributed by atoms with Crippen LogP contribution in [0.2, 0.25) is 0 Å². The molecule has 0 atom stereocenters. The Labute approximate surface area is 221 Å². The molecule has 0 aromatic rings. The first kappa shape index (κ1) is 31.1. The lowest BCUT2D eigenvalue weighted by Crippen LogP contribution is -2.60. The van der Waals surface area contributed by atoms with Gasteiger partial charge in [0.1, 0.15) is 6.10 Å². The van der Waals surface area contributed by atoms with Crippen molar-refractivity contribution in [1.29, 1.82) is 0 Å². The Morgan fingerprint density at radius 1 is 0.667 bits per heavy atom. The summed E-state index contributed by atoms with van der Waals surface area (Å²) in [5.41, 5.74) is 0.0545. The molecule has 2 heterocycles. The van der Waals surface area contributed by atoms with Gasteiger partial charge in [0.25, 0.3) is 0 Å². The van der Waals surface area contributed by atoms with Crippen molar-refractivity contribution in [2.45, 2.75) is 154 Å². The Morgan fingerprint density at radius 3 is 1.58 bits per heavy atom. The van der Waals surface area contributed by atoms with Gasteiger partial charge in [0.15, 0.2) is 0 Å². The highest BCUT2D eigenvalue weighted by Crippen LogP contribution is 2.41. The number of hydrogen-bond donors (Lipinski definition) is 0. The van der Waals surface area contributed by atoms with Gasteiger partial charge in [-0.25, -0.2) is 0 Å². The van der Waals surface area contributed by atoms with Crippen LogP contribution in [-0.2, 0) is 19.1 Å². The minimum atomic E-state index is -0.0525. The molecule has 0 bridgehead atoms. The molecule has 36 heavy (non-hydrogen) atoms. The second-order valence-electron chi connectivity index (χ2n) is 14.0. The number of hydrogen-bond acceptors (Lipinski definition) is 6. The molecule has 0 radical (unpaired) electrons. The van der Waals surface area contributed by atoms with E-state index in [0.29, 0.717) is 13.0 Å². The van der Waals surface area contributed by atoms with E-state index in [2.05, 4.69) is 79.3 Å². The fraction of sp³-hybridized carbons (Fsp3) is 0.933. The third-order valence-corrected chi connectivity index (χ3v) is 9.23. The summed E-state index contributed by atoms with van der Waals surface area (Å²) in [6.07, 6.45) is 10.1. The molecule has 2 aliphatic rings. The molecule has 0 spiro atoms. The molecule has 0 aromatic heterocycles. The summed E-state index contributed by atoms with van der Waals surface area (Å²) in [5, 5.41) is 0. The SMILES string of the molecule is CN1C(C)(C)CC(OC(=O)CCCCCCCCOC(=O)C2CC(C)(C)N(C)C(C)(C)C2)CC1(C)C. The normalized spacial score (nSPS) is 24.4. The van der Waals surface area contributed by atoms with E-state index in [1.54, 1.807) is 0 Å². The summed E-state index contributed by atoms with van der Waals surface area (Å²) in [5.74, 6) is -0.0971. The third-order valence-electron chi connectivity index (χ3n) is 9.23. The predicted molar refractivity (Wildman–Crippen MR) is 147 cm³/mol. The summed E-state index contributed by atoms with van der Waals surface area (Å²) < 4.78 is 11.5. The van der Waals surface area contributed by atoms with Crippen molar-refractivity contribution < 1.29 is 19.1 Å². The largest absolute Gasteiger partial charge is 0.465 e. The Kier molecular flexibility index (Phi) is 10.5. The van der Waals surface area contributed by atoms with E-state index in [0.717, 1.165) is 64.2 Å². The number of ether oxygens (including phenoxy) is 2. The topological polar surface area (TPSA) is 59.1 Å². The standard InChI is InChI=1S/C30H56N2O4/c1-27(2)19-23(20-28(3,4)31(27)9)26(34)35-18-16-14-12-11-13-15-17-25(33)36-24-21-29(5,6)32(10)30(7,8)22-24/h23-24H,11-22H2,1-10H3. The van der Waals surface area contributed by atoms with Crippen molar-refractivity contribution in [2.75, 3.05) is 20.7 Å². The lowest BCUT2D eigenvalue weighted by atomic mass is 9.74. The van der Waals surface area contributed by atoms with Crippen molar-refractivity contribution in [1.82, 2.24) is 9.80 Å². The highest BCUT2D eigenvalue weighted by atomic mass is 16.5. The average Bonchev–Trinajstić information content (AvgIpc) is 2.73. The molecule has 2 aliphatic heterocycles. The van der Waals surface area contributed by atoms with Crippen LogP contribution in [-0.4, -0.2) is 70.7 Å². The van der Waals surface area contributed by atoms with Gasteiger partial charge < -0.3 is 9.47 Å². The molecule has 0 aromatic carbocycles. The Balaban J connectivity index is 1.54. The first-order chi connectivity index (χ1) is 16.5. The molecule has 0 aliphatic carbocycles. The van der Waals surface area contributed by atoms with E-state index >= 15 is 0 Å². The van der Waals surface area contributed by atoms with E-state index < -0.39 is 0 Å². The van der Waals surface area contributed by atoms with Crippen LogP contribution in [0.3, 0.4) is 0 Å². The number of nitrogens with zero attached hydrogens (tertiary/aromatic N) is 2. The number of esters is 2. The highest BCUT2D eigenvalue weighted by Gasteiger charge is 2.46. The van der Waals surface area contributed by atoms with Crippen LogP contribution < -0.4 is 0 Å². The Hall–Kier alpha value is -1.14. The van der Waals surface area contributed by atoms with Gasteiger partial charge in [0.2, 0.25) is 0 Å². The number of carbonyl (C=O) groups is 2. The van der Waals surface area contributed by atoms with Crippen LogP contribution in [0, 0.1) is 5.92 Å². The van der Waals surface area contributed by atoms with Crippen molar-refractivity contribution in [2.24, 2.45) is 5.92 Å². The van der Waals surface area contributed by atoms with Gasteiger partial charge in [-0.2, -0.15) is 0 Å². The van der Waals surface area contributed by atoms with Crippen LogP contribution in [0.25, 0.3) is 0 Å². The highest BCUT2D eigenvalue weighted by molar-refractivity contribution is 5.73. The molecule has 210 valence electrons. The number of carbonyl (C=O) groups excluding carboxylic acids is 2. The van der Waals surface area contributed by atoms with E-state index in [-0.39, 0.29) is 46.1 Å². The van der Waals surface area contributed by atoms with E-state index in [9.17, 15) is 9.59 Å². The number of likely N-dealkylation sites (tertiary alicyclic amines) is 2. The molecular weight excluding hydrogens is 452 g/mol. The quantitative estimate of drug-likeness (QED) is 0.239. The molecule has 0 N–H and O–H groups in total. The van der Waals surface area contributed by atoms with Gasteiger partial charge in [-0.1, -0.05) is 25.7 Å². The zero-order chi connectivity index (χ0) is 27.4. The van der Waals surface area contributed by atoms with Crippen LogP contribution in [0.5, 0.6) is 0 Å². The minimum absolute atomic E-state index is 0.00183. The maximum atomic E-state index is 12.7. The number of unbranched alkanes of at least 4 members (excludes halogenated alkanes) is 5. The van der Waals surface area contributed by atoms with Gasteiger partial charge in [0, 0.05) is 41.4 Å². The van der Waals surface area contributed by atoms with E-state index in [1.165, 1.54) is 0 Å². The van der Waals surface area contributed by atoms with E-state index in [4.69, 9.17) is 9.47 Å². The molecule has 2 fully saturated rings. The smallest absolute Gasteiger partial charge is 0.309 e. The molecule has 6 heteroatoms. The molecule has 6 nitrogen and oxygen atoms in total. The lowest BCUT2D eigenvalue weighted by Gasteiger charge is -2.53. The summed E-state index contributed by atoms with van der Waals surface area (Å²) in [6.45, 7) is 18.3. The van der Waals surface area contributed by atoms with Crippen molar-refractivity contribution in [3.05, 3.63) is 0 Å². The maximum Gasteiger partial charge on any atom is 0.309 e. The maximum absolute atomic E-state index is 12.7. The first-order valence-electron chi connectivity index (χ1n) is 14.3. The molecule has 0 unspecified atom stereocenters. The number of piperidine rings is 2. The van der Waals surface area contributed by atoms with Crippen LogP contribution in [0.15, 0.2) is 0 Å². The molecule has 2 saturated heterocycles. The van der Waals surface area contributed by atoms with Gasteiger partial charge in [-0.05, 0) is 95.2 Å². The van der Waals surface area contributed by atoms with Crippen LogP contribution in [0.1, 0.15) is 126 Å². The van der Waals surface area contributed by atoms with Crippen molar-refractivity contribution in [3.8, 4) is 0 Å². The van der Waals surface area contributed by atoms with Gasteiger partial charge in [-0.15, -0.1) is 0 Å². The summed E-state index contributed by atoms with van der Waals surface area (Å²) in [6, 6.07) is 0. The average molecular weight is 509 g/mol. The molecule has 2 rings (SSSR count). The van der Waals surface area contributed by atoms with Gasteiger partial charge in [0.05, 0.1) is 12.5 Å². The second-order valence-corrected chi connectivity index (χ2v) is 14.0. The zero-order valence-electron chi connectivity index (χ0n) is 25.2. The molecule has 0 amide bonds. The Morgan fingerprint density at radius 2 is 1.08 bits per heavy atom. The first-order valence-corrected chi connectivity index (χ1v) is 14.3. The summed E-state index contributed by atoms with van der Waals surface area (Å²) in [7, 11) is 4.32.